The molecule has 9 heteroatoms. The zero-order valence-electron chi connectivity index (χ0n) is 6.63. The summed E-state index contributed by atoms with van der Waals surface area (Å²) in [6.07, 6.45) is -7.71. The van der Waals surface area contributed by atoms with Gasteiger partial charge in [0, 0.05) is 5.54 Å². The summed E-state index contributed by atoms with van der Waals surface area (Å²) < 4.78 is 74.4. The smallest absolute Gasteiger partial charge is 0.234 e. The summed E-state index contributed by atoms with van der Waals surface area (Å²) in [5.74, 6) is -5.08. The van der Waals surface area contributed by atoms with E-state index >= 15 is 0 Å². The molecule has 0 aliphatic carbocycles. The van der Waals surface area contributed by atoms with Gasteiger partial charge in [0.05, 0.1) is 5.03 Å². The van der Waals surface area contributed by atoms with E-state index in [0.29, 0.717) is 0 Å². The van der Waals surface area contributed by atoms with Crippen molar-refractivity contribution >= 4 is 34.8 Å². The molecule has 0 amide bonds. The molecule has 15 heavy (non-hydrogen) atoms. The van der Waals surface area contributed by atoms with Crippen molar-refractivity contribution in [1.82, 2.24) is 0 Å². The number of hydrogen-bond acceptors (Lipinski definition) is 0. The lowest BCUT2D eigenvalue weighted by Gasteiger charge is -2.25. The predicted octanol–water partition coefficient (Wildman–Crippen LogP) is 4.45. The van der Waals surface area contributed by atoms with Gasteiger partial charge < -0.3 is 0 Å². The molecule has 2 unspecified atom stereocenters. The van der Waals surface area contributed by atoms with Gasteiger partial charge in [-0.05, 0) is 11.6 Å². The van der Waals surface area contributed by atoms with Crippen molar-refractivity contribution in [2.75, 3.05) is 0 Å². The first-order chi connectivity index (χ1) is 6.55. The summed E-state index contributed by atoms with van der Waals surface area (Å²) in [6.45, 7) is 0. The molecule has 0 heterocycles. The summed E-state index contributed by atoms with van der Waals surface area (Å²) in [4.78, 5) is 0. The highest BCUT2D eigenvalue weighted by Gasteiger charge is 2.60. The largest absolute Gasteiger partial charge is 0.358 e. The Hall–Kier alpha value is 0.190. The van der Waals surface area contributed by atoms with Crippen molar-refractivity contribution in [3.63, 3.8) is 0 Å². The molecule has 0 aliphatic rings. The first-order valence-corrected chi connectivity index (χ1v) is 4.42. The van der Waals surface area contributed by atoms with E-state index in [-0.39, 0.29) is 5.54 Å². The molecule has 0 radical (unpaired) electrons. The van der Waals surface area contributed by atoms with Crippen LogP contribution in [0.1, 0.15) is 0 Å². The Morgan fingerprint density at radius 1 is 1.13 bits per heavy atom. The molecule has 0 aromatic rings. The van der Waals surface area contributed by atoms with E-state index in [1.54, 1.807) is 0 Å². The summed E-state index contributed by atoms with van der Waals surface area (Å²) in [6, 6.07) is 0. The Balaban J connectivity index is 4.97. The molecule has 0 fully saturated rings. The third kappa shape index (κ3) is 3.60. The number of hydrogen-bond donors (Lipinski definition) is 0. The number of rotatable bonds is 4. The van der Waals surface area contributed by atoms with Crippen LogP contribution in [0.3, 0.4) is 0 Å². The monoisotopic (exact) mass is 294 g/mol. The Bertz CT molecular complexity index is 248. The number of alkyl halides is 7. The second-order valence-corrected chi connectivity index (χ2v) is 3.59. The summed E-state index contributed by atoms with van der Waals surface area (Å²) >= 11 is 13.6. The van der Waals surface area contributed by atoms with Crippen molar-refractivity contribution in [1.29, 1.82) is 0 Å². The molecular weight excluding hydrogens is 292 g/mol. The third-order valence-corrected chi connectivity index (χ3v) is 2.15. The van der Waals surface area contributed by atoms with Crippen LogP contribution in [0.25, 0.3) is 0 Å². The lowest BCUT2D eigenvalue weighted by molar-refractivity contribution is -0.169. The Kier molecular flexibility index (Phi) is 5.08. The van der Waals surface area contributed by atoms with E-state index in [0.717, 1.165) is 0 Å². The van der Waals surface area contributed by atoms with E-state index in [1.165, 1.54) is 0 Å². The second kappa shape index (κ2) is 5.01. The molecule has 90 valence electrons. The van der Waals surface area contributed by atoms with E-state index in [4.69, 9.17) is 23.2 Å². The van der Waals surface area contributed by atoms with Crippen LogP contribution in [0.15, 0.2) is 10.6 Å². The first-order valence-electron chi connectivity index (χ1n) is 3.23. The fourth-order valence-corrected chi connectivity index (χ4v) is 0.987. The van der Waals surface area contributed by atoms with Crippen LogP contribution < -0.4 is 0 Å². The van der Waals surface area contributed by atoms with E-state index < -0.39 is 28.7 Å². The van der Waals surface area contributed by atoms with Crippen LogP contribution in [0, 0.1) is 0 Å². The quantitative estimate of drug-likeness (QED) is 0.531. The van der Waals surface area contributed by atoms with Gasteiger partial charge in [-0.25, -0.2) is 8.78 Å². The molecule has 0 spiro atoms. The van der Waals surface area contributed by atoms with Gasteiger partial charge in [-0.1, -0.05) is 23.2 Å². The SMILES string of the molecule is FC(C(Cl)=CCl)C(F)(F)C(F)C(F)(F)Cl. The minimum atomic E-state index is -5.08. The maximum atomic E-state index is 12.7. The van der Waals surface area contributed by atoms with Crippen LogP contribution >= 0.6 is 34.8 Å². The Morgan fingerprint density at radius 2 is 1.53 bits per heavy atom. The standard InChI is InChI=1S/C6H3Cl3F6/c7-1-2(8)3(10)5(12,13)4(11)6(9,14)15/h1,3-4H. The fourth-order valence-electron chi connectivity index (χ4n) is 0.586. The van der Waals surface area contributed by atoms with Gasteiger partial charge in [0.1, 0.15) is 0 Å². The zero-order chi connectivity index (χ0) is 12.4. The molecule has 0 aromatic carbocycles. The van der Waals surface area contributed by atoms with E-state index in [1.807, 2.05) is 0 Å². The first kappa shape index (κ1) is 15.2. The maximum Gasteiger partial charge on any atom is 0.358 e. The highest BCUT2D eigenvalue weighted by atomic mass is 35.5. The van der Waals surface area contributed by atoms with Crippen molar-refractivity contribution in [2.24, 2.45) is 0 Å². The van der Waals surface area contributed by atoms with Crippen molar-refractivity contribution < 1.29 is 26.3 Å². The molecule has 0 aliphatic heterocycles. The average Bonchev–Trinajstić information content (AvgIpc) is 2.12. The molecule has 0 rings (SSSR count). The van der Waals surface area contributed by atoms with Crippen molar-refractivity contribution in [3.8, 4) is 0 Å². The summed E-state index contributed by atoms with van der Waals surface area (Å²) in [7, 11) is 0. The van der Waals surface area contributed by atoms with E-state index in [9.17, 15) is 26.3 Å². The molecule has 0 nitrogen and oxygen atoms in total. The van der Waals surface area contributed by atoms with Gasteiger partial charge in [0.25, 0.3) is 0 Å². The average molecular weight is 295 g/mol. The maximum absolute atomic E-state index is 12.7. The molecule has 0 bridgehead atoms. The summed E-state index contributed by atoms with van der Waals surface area (Å²) in [5.41, 5.74) is 0.180. The molecule has 0 saturated carbocycles. The molecule has 2 atom stereocenters. The Labute approximate surface area is 95.8 Å². The number of allylic oxidation sites excluding steroid dienone is 1. The van der Waals surface area contributed by atoms with Crippen LogP contribution in [0.5, 0.6) is 0 Å². The summed E-state index contributed by atoms with van der Waals surface area (Å²) in [5, 5.41) is -6.21. The highest BCUT2D eigenvalue weighted by molar-refractivity contribution is 6.37. The molecular formula is C6H3Cl3F6. The normalized spacial score (nSPS) is 18.9. The minimum Gasteiger partial charge on any atom is -0.234 e. The second-order valence-electron chi connectivity index (χ2n) is 2.44. The predicted molar refractivity (Wildman–Crippen MR) is 45.3 cm³/mol. The van der Waals surface area contributed by atoms with Crippen LogP contribution in [-0.2, 0) is 0 Å². The van der Waals surface area contributed by atoms with Crippen molar-refractivity contribution in [2.45, 2.75) is 23.6 Å². The van der Waals surface area contributed by atoms with Gasteiger partial charge in [-0.3, -0.25) is 0 Å². The van der Waals surface area contributed by atoms with Crippen LogP contribution in [0.2, 0.25) is 0 Å². The van der Waals surface area contributed by atoms with Gasteiger partial charge in [-0.2, -0.15) is 17.6 Å². The van der Waals surface area contributed by atoms with Gasteiger partial charge in [0.15, 0.2) is 0 Å². The molecule has 0 aromatic heterocycles. The van der Waals surface area contributed by atoms with Crippen LogP contribution in [0.4, 0.5) is 26.3 Å². The Morgan fingerprint density at radius 3 is 1.80 bits per heavy atom. The lowest BCUT2D eigenvalue weighted by Crippen LogP contribution is -2.47. The van der Waals surface area contributed by atoms with Gasteiger partial charge in [0.2, 0.25) is 12.3 Å². The van der Waals surface area contributed by atoms with Gasteiger partial charge in [-0.15, -0.1) is 0 Å². The zero-order valence-corrected chi connectivity index (χ0v) is 8.90. The van der Waals surface area contributed by atoms with Crippen molar-refractivity contribution in [3.05, 3.63) is 10.6 Å². The van der Waals surface area contributed by atoms with Crippen LogP contribution in [-0.4, -0.2) is 23.6 Å². The molecule has 0 N–H and O–H groups in total. The van der Waals surface area contributed by atoms with Gasteiger partial charge >= 0.3 is 11.3 Å². The topological polar surface area (TPSA) is 0 Å². The minimum absolute atomic E-state index is 0.180. The number of halogens is 9. The fraction of sp³-hybridized carbons (Fsp3) is 0.667. The van der Waals surface area contributed by atoms with E-state index in [2.05, 4.69) is 11.6 Å². The third-order valence-electron chi connectivity index (χ3n) is 1.31. The lowest BCUT2D eigenvalue weighted by atomic mass is 10.1. The molecule has 0 saturated heterocycles. The highest BCUT2D eigenvalue weighted by Crippen LogP contribution is 2.42.